The SMILES string of the molecule is CC1(C)C(C(=O)Nc2cnn(CCOCc3ccccc3)c2)C1(C)C. The Morgan fingerprint density at radius 2 is 1.88 bits per heavy atom. The lowest BCUT2D eigenvalue weighted by molar-refractivity contribution is -0.118. The lowest BCUT2D eigenvalue weighted by Gasteiger charge is -2.05. The Balaban J connectivity index is 1.44. The summed E-state index contributed by atoms with van der Waals surface area (Å²) in [5, 5.41) is 7.28. The van der Waals surface area contributed by atoms with Gasteiger partial charge in [-0.2, -0.15) is 5.10 Å². The minimum atomic E-state index is 0.0394. The average molecular weight is 341 g/mol. The summed E-state index contributed by atoms with van der Waals surface area (Å²) >= 11 is 0. The van der Waals surface area contributed by atoms with E-state index in [1.807, 2.05) is 36.5 Å². The fourth-order valence-corrected chi connectivity index (χ4v) is 3.54. The van der Waals surface area contributed by atoms with Crippen LogP contribution in [0.25, 0.3) is 0 Å². The van der Waals surface area contributed by atoms with E-state index in [1.165, 1.54) is 0 Å². The molecule has 1 aromatic heterocycles. The molecular weight excluding hydrogens is 314 g/mol. The molecule has 2 aromatic rings. The van der Waals surface area contributed by atoms with Gasteiger partial charge in [0.15, 0.2) is 0 Å². The van der Waals surface area contributed by atoms with Gasteiger partial charge in [0.2, 0.25) is 5.91 Å². The second-order valence-electron chi connectivity index (χ2n) is 7.90. The molecule has 0 saturated heterocycles. The van der Waals surface area contributed by atoms with E-state index in [0.29, 0.717) is 19.8 Å². The Labute approximate surface area is 149 Å². The van der Waals surface area contributed by atoms with E-state index in [-0.39, 0.29) is 22.7 Å². The monoisotopic (exact) mass is 341 g/mol. The molecule has 1 aliphatic carbocycles. The molecule has 25 heavy (non-hydrogen) atoms. The quantitative estimate of drug-likeness (QED) is 0.781. The van der Waals surface area contributed by atoms with Gasteiger partial charge in [-0.15, -0.1) is 0 Å². The molecule has 0 spiro atoms. The Kier molecular flexibility index (Phi) is 4.69. The first-order valence-corrected chi connectivity index (χ1v) is 8.77. The van der Waals surface area contributed by atoms with Crippen molar-refractivity contribution in [3.05, 3.63) is 48.3 Å². The molecule has 3 rings (SSSR count). The molecule has 0 radical (unpaired) electrons. The number of carbonyl (C=O) groups is 1. The van der Waals surface area contributed by atoms with Gasteiger partial charge in [-0.05, 0) is 16.4 Å². The van der Waals surface area contributed by atoms with Crippen molar-refractivity contribution in [2.24, 2.45) is 16.7 Å². The van der Waals surface area contributed by atoms with Crippen LogP contribution in [-0.2, 0) is 22.7 Å². The topological polar surface area (TPSA) is 56.2 Å². The van der Waals surface area contributed by atoms with Crippen molar-refractivity contribution in [2.75, 3.05) is 11.9 Å². The zero-order valence-electron chi connectivity index (χ0n) is 15.5. The number of carbonyl (C=O) groups excluding carboxylic acids is 1. The number of benzene rings is 1. The molecule has 1 amide bonds. The van der Waals surface area contributed by atoms with Gasteiger partial charge in [0.25, 0.3) is 0 Å². The molecule has 5 heteroatoms. The minimum Gasteiger partial charge on any atom is -0.375 e. The predicted octanol–water partition coefficient (Wildman–Crippen LogP) is 3.72. The third-order valence-electron chi connectivity index (χ3n) is 5.76. The zero-order valence-corrected chi connectivity index (χ0v) is 15.5. The van der Waals surface area contributed by atoms with Gasteiger partial charge in [-0.3, -0.25) is 9.48 Å². The van der Waals surface area contributed by atoms with Crippen LogP contribution in [0.5, 0.6) is 0 Å². The Morgan fingerprint density at radius 1 is 1.20 bits per heavy atom. The molecule has 5 nitrogen and oxygen atoms in total. The third-order valence-corrected chi connectivity index (χ3v) is 5.76. The lowest BCUT2D eigenvalue weighted by Crippen LogP contribution is -2.17. The predicted molar refractivity (Wildman–Crippen MR) is 98.0 cm³/mol. The van der Waals surface area contributed by atoms with Crippen LogP contribution in [0.3, 0.4) is 0 Å². The maximum atomic E-state index is 12.5. The number of rotatable bonds is 7. The van der Waals surface area contributed by atoms with E-state index < -0.39 is 0 Å². The molecule has 1 saturated carbocycles. The summed E-state index contributed by atoms with van der Waals surface area (Å²) in [5.41, 5.74) is 1.98. The Bertz CT molecular complexity index is 720. The van der Waals surface area contributed by atoms with Crippen LogP contribution in [0.2, 0.25) is 0 Å². The van der Waals surface area contributed by atoms with E-state index in [9.17, 15) is 4.79 Å². The number of hydrogen-bond donors (Lipinski definition) is 1. The molecule has 0 bridgehead atoms. The number of ether oxygens (including phenoxy) is 1. The van der Waals surface area contributed by atoms with Gasteiger partial charge in [-0.1, -0.05) is 58.0 Å². The van der Waals surface area contributed by atoms with E-state index in [0.717, 1.165) is 11.3 Å². The molecule has 1 N–H and O–H groups in total. The molecular formula is C20H27N3O2. The van der Waals surface area contributed by atoms with Crippen LogP contribution in [0.1, 0.15) is 33.3 Å². The molecule has 1 aliphatic rings. The summed E-state index contributed by atoms with van der Waals surface area (Å²) in [7, 11) is 0. The second-order valence-corrected chi connectivity index (χ2v) is 7.90. The standard InChI is InChI=1S/C20H27N3O2/c1-19(2)17(20(19,3)4)18(24)22-16-12-21-23(13-16)10-11-25-14-15-8-6-5-7-9-15/h5-9,12-13,17H,10-11,14H2,1-4H3,(H,22,24). The smallest absolute Gasteiger partial charge is 0.228 e. The summed E-state index contributed by atoms with van der Waals surface area (Å²) in [4.78, 5) is 12.5. The second kappa shape index (κ2) is 6.64. The summed E-state index contributed by atoms with van der Waals surface area (Å²) in [5.74, 6) is 0.118. The van der Waals surface area contributed by atoms with E-state index in [4.69, 9.17) is 4.74 Å². The first-order valence-electron chi connectivity index (χ1n) is 8.77. The maximum absolute atomic E-state index is 12.5. The van der Waals surface area contributed by atoms with E-state index in [1.54, 1.807) is 10.9 Å². The highest BCUT2D eigenvalue weighted by Crippen LogP contribution is 2.68. The molecule has 1 aromatic carbocycles. The van der Waals surface area contributed by atoms with Gasteiger partial charge in [0.1, 0.15) is 0 Å². The van der Waals surface area contributed by atoms with Gasteiger partial charge in [0, 0.05) is 12.1 Å². The van der Waals surface area contributed by atoms with Crippen molar-refractivity contribution in [2.45, 2.75) is 40.8 Å². The van der Waals surface area contributed by atoms with Crippen molar-refractivity contribution >= 4 is 11.6 Å². The molecule has 134 valence electrons. The highest BCUT2D eigenvalue weighted by Gasteiger charge is 2.68. The first kappa shape index (κ1) is 17.7. The van der Waals surface area contributed by atoms with Crippen LogP contribution in [0, 0.1) is 16.7 Å². The number of nitrogens with zero attached hydrogens (tertiary/aromatic N) is 2. The van der Waals surface area contributed by atoms with Crippen LogP contribution in [-0.4, -0.2) is 22.3 Å². The van der Waals surface area contributed by atoms with Crippen LogP contribution in [0.15, 0.2) is 42.7 Å². The highest BCUT2D eigenvalue weighted by atomic mass is 16.5. The van der Waals surface area contributed by atoms with Gasteiger partial charge >= 0.3 is 0 Å². The van der Waals surface area contributed by atoms with Crippen LogP contribution >= 0.6 is 0 Å². The zero-order chi connectivity index (χ0) is 18.1. The number of amides is 1. The van der Waals surface area contributed by atoms with Gasteiger partial charge in [-0.25, -0.2) is 0 Å². The fraction of sp³-hybridized carbons (Fsp3) is 0.500. The summed E-state index contributed by atoms with van der Waals surface area (Å²) < 4.78 is 7.46. The average Bonchev–Trinajstić information content (AvgIpc) is 2.87. The summed E-state index contributed by atoms with van der Waals surface area (Å²) in [6, 6.07) is 10.1. The Morgan fingerprint density at radius 3 is 2.52 bits per heavy atom. The number of anilines is 1. The van der Waals surface area contributed by atoms with Gasteiger partial charge in [0.05, 0.1) is 31.6 Å². The summed E-state index contributed by atoms with van der Waals surface area (Å²) in [6.07, 6.45) is 3.55. The normalized spacial score (nSPS) is 18.1. The lowest BCUT2D eigenvalue weighted by atomic mass is 10.0. The van der Waals surface area contributed by atoms with Crippen molar-refractivity contribution in [1.82, 2.24) is 9.78 Å². The Hall–Kier alpha value is -2.14. The van der Waals surface area contributed by atoms with E-state index in [2.05, 4.69) is 38.1 Å². The molecule has 0 aliphatic heterocycles. The number of nitrogens with one attached hydrogen (secondary N) is 1. The van der Waals surface area contributed by atoms with E-state index >= 15 is 0 Å². The molecule has 1 heterocycles. The van der Waals surface area contributed by atoms with Crippen LogP contribution in [0.4, 0.5) is 5.69 Å². The van der Waals surface area contributed by atoms with Crippen molar-refractivity contribution < 1.29 is 9.53 Å². The largest absolute Gasteiger partial charge is 0.375 e. The molecule has 1 fully saturated rings. The van der Waals surface area contributed by atoms with Crippen molar-refractivity contribution in [1.29, 1.82) is 0 Å². The number of hydrogen-bond acceptors (Lipinski definition) is 3. The van der Waals surface area contributed by atoms with Crippen LogP contribution < -0.4 is 5.32 Å². The highest BCUT2D eigenvalue weighted by molar-refractivity contribution is 5.95. The fourth-order valence-electron chi connectivity index (χ4n) is 3.54. The molecule has 0 unspecified atom stereocenters. The van der Waals surface area contributed by atoms with Gasteiger partial charge < -0.3 is 10.1 Å². The number of aromatic nitrogens is 2. The maximum Gasteiger partial charge on any atom is 0.228 e. The van der Waals surface area contributed by atoms with Crippen molar-refractivity contribution in [3.63, 3.8) is 0 Å². The molecule has 0 atom stereocenters. The minimum absolute atomic E-state index is 0.0394. The first-order chi connectivity index (χ1) is 11.8. The van der Waals surface area contributed by atoms with Crippen molar-refractivity contribution in [3.8, 4) is 0 Å². The summed E-state index contributed by atoms with van der Waals surface area (Å²) in [6.45, 7) is 10.4. The third kappa shape index (κ3) is 3.61.